The first-order valence-corrected chi connectivity index (χ1v) is 10.9. The summed E-state index contributed by atoms with van der Waals surface area (Å²) in [5, 5.41) is 8.62. The summed E-state index contributed by atoms with van der Waals surface area (Å²) in [7, 11) is 0. The third kappa shape index (κ3) is 5.40. The van der Waals surface area contributed by atoms with Crippen LogP contribution in [0.5, 0.6) is 5.75 Å². The Morgan fingerprint density at radius 3 is 2.84 bits per heavy atom. The Bertz CT molecular complexity index is 1170. The van der Waals surface area contributed by atoms with Gasteiger partial charge in [0, 0.05) is 36.1 Å². The Hall–Kier alpha value is -3.39. The summed E-state index contributed by atoms with van der Waals surface area (Å²) in [6.45, 7) is 2.83. The number of carbonyl (C=O) groups is 1. The first-order chi connectivity index (χ1) is 15.2. The van der Waals surface area contributed by atoms with Crippen LogP contribution in [0.15, 0.2) is 70.5 Å². The molecule has 0 aliphatic carbocycles. The van der Waals surface area contributed by atoms with Crippen molar-refractivity contribution < 1.29 is 14.1 Å². The van der Waals surface area contributed by atoms with Gasteiger partial charge < -0.3 is 14.6 Å². The highest BCUT2D eigenvalue weighted by Crippen LogP contribution is 2.24. The first-order valence-electron chi connectivity index (χ1n) is 9.95. The van der Waals surface area contributed by atoms with Crippen molar-refractivity contribution in [1.29, 1.82) is 0 Å². The predicted molar refractivity (Wildman–Crippen MR) is 119 cm³/mol. The Morgan fingerprint density at radius 1 is 1.13 bits per heavy atom. The van der Waals surface area contributed by atoms with Crippen LogP contribution in [0.2, 0.25) is 0 Å². The third-order valence-corrected chi connectivity index (χ3v) is 5.55. The molecule has 0 radical (unpaired) electrons. The van der Waals surface area contributed by atoms with Gasteiger partial charge in [0.05, 0.1) is 17.9 Å². The average molecular weight is 435 g/mol. The van der Waals surface area contributed by atoms with E-state index in [1.165, 1.54) is 11.8 Å². The Balaban J connectivity index is 1.27. The number of hydrogen-bond donors (Lipinski definition) is 1. The fourth-order valence-electron chi connectivity index (χ4n) is 3.05. The molecule has 7 nitrogen and oxygen atoms in total. The van der Waals surface area contributed by atoms with E-state index in [-0.39, 0.29) is 5.91 Å². The number of fused-ring (bicyclic) bond motifs is 1. The van der Waals surface area contributed by atoms with Gasteiger partial charge in [0.25, 0.3) is 5.91 Å². The number of rotatable bonds is 9. The van der Waals surface area contributed by atoms with E-state index < -0.39 is 0 Å². The van der Waals surface area contributed by atoms with Crippen molar-refractivity contribution >= 4 is 28.6 Å². The number of nitrogens with one attached hydrogen (secondary N) is 1. The van der Waals surface area contributed by atoms with E-state index in [0.29, 0.717) is 35.9 Å². The number of carbonyl (C=O) groups excluding carboxylic acids is 1. The Morgan fingerprint density at radius 2 is 1.97 bits per heavy atom. The van der Waals surface area contributed by atoms with E-state index in [9.17, 15) is 4.79 Å². The highest BCUT2D eigenvalue weighted by atomic mass is 32.2. The van der Waals surface area contributed by atoms with Gasteiger partial charge in [-0.1, -0.05) is 35.1 Å². The lowest BCUT2D eigenvalue weighted by Crippen LogP contribution is -2.26. The maximum Gasteiger partial charge on any atom is 0.254 e. The van der Waals surface area contributed by atoms with Crippen LogP contribution >= 0.6 is 11.8 Å². The topological polar surface area (TPSA) is 90.1 Å². The first kappa shape index (κ1) is 20.9. The highest BCUT2D eigenvalue weighted by Gasteiger charge is 2.13. The zero-order valence-electron chi connectivity index (χ0n) is 17.1. The molecular weight excluding hydrogens is 412 g/mol. The summed E-state index contributed by atoms with van der Waals surface area (Å²) in [4.78, 5) is 21.4. The number of aromatic nitrogens is 3. The molecule has 158 valence electrons. The van der Waals surface area contributed by atoms with Gasteiger partial charge in [-0.15, -0.1) is 0 Å². The second kappa shape index (κ2) is 10.1. The van der Waals surface area contributed by atoms with Crippen LogP contribution in [0.25, 0.3) is 10.9 Å². The summed E-state index contributed by atoms with van der Waals surface area (Å²) >= 11 is 1.46. The zero-order valence-corrected chi connectivity index (χ0v) is 17.9. The molecule has 31 heavy (non-hydrogen) atoms. The van der Waals surface area contributed by atoms with Crippen LogP contribution in [0.4, 0.5) is 0 Å². The van der Waals surface area contributed by atoms with Gasteiger partial charge in [0.2, 0.25) is 0 Å². The van der Waals surface area contributed by atoms with Gasteiger partial charge in [0.1, 0.15) is 22.1 Å². The summed E-state index contributed by atoms with van der Waals surface area (Å²) in [5.41, 5.74) is 2.21. The summed E-state index contributed by atoms with van der Waals surface area (Å²) < 4.78 is 11.0. The number of thioether (sulfide) groups is 1. The van der Waals surface area contributed by atoms with Gasteiger partial charge >= 0.3 is 0 Å². The average Bonchev–Trinajstić information content (AvgIpc) is 3.22. The van der Waals surface area contributed by atoms with E-state index in [1.807, 2.05) is 43.3 Å². The van der Waals surface area contributed by atoms with Crippen molar-refractivity contribution in [2.24, 2.45) is 0 Å². The largest absolute Gasteiger partial charge is 0.491 e. The molecular formula is C23H22N4O3S. The molecule has 0 aliphatic heterocycles. The number of hydrogen-bond acceptors (Lipinski definition) is 7. The molecule has 1 N–H and O–H groups in total. The molecule has 4 aromatic rings. The van der Waals surface area contributed by atoms with Crippen LogP contribution < -0.4 is 10.1 Å². The summed E-state index contributed by atoms with van der Waals surface area (Å²) in [5.74, 6) is 1.94. The van der Waals surface area contributed by atoms with Crippen molar-refractivity contribution in [2.75, 3.05) is 13.2 Å². The Kier molecular flexibility index (Phi) is 6.78. The van der Waals surface area contributed by atoms with E-state index in [2.05, 4.69) is 20.4 Å². The maximum atomic E-state index is 12.6. The number of pyridine rings is 2. The summed E-state index contributed by atoms with van der Waals surface area (Å²) in [6.07, 6.45) is 4.11. The van der Waals surface area contributed by atoms with E-state index in [1.54, 1.807) is 24.5 Å². The number of ether oxygens (including phenoxy) is 1. The lowest BCUT2D eigenvalue weighted by Gasteiger charge is -2.10. The minimum absolute atomic E-state index is 0.154. The molecule has 3 aromatic heterocycles. The second-order valence-electron chi connectivity index (χ2n) is 6.86. The standard InChI is InChI=1S/C23H22N4O3S/c1-16-14-18(27-30-16)15-31-23-19(8-4-11-26-23)22(28)25-12-5-13-29-20-9-2-6-17-7-3-10-24-21(17)20/h2-4,6-11,14H,5,12-13,15H2,1H3,(H,25,28). The fraction of sp³-hybridized carbons (Fsp3) is 0.217. The van der Waals surface area contributed by atoms with Gasteiger partial charge in [-0.05, 0) is 37.6 Å². The normalized spacial score (nSPS) is 10.9. The van der Waals surface area contributed by atoms with E-state index in [4.69, 9.17) is 9.26 Å². The Labute approximate surface area is 184 Å². The fourth-order valence-corrected chi connectivity index (χ4v) is 3.92. The highest BCUT2D eigenvalue weighted by molar-refractivity contribution is 7.98. The third-order valence-electron chi connectivity index (χ3n) is 4.51. The van der Waals surface area contributed by atoms with Crippen molar-refractivity contribution in [3.63, 3.8) is 0 Å². The van der Waals surface area contributed by atoms with Crippen molar-refractivity contribution in [3.8, 4) is 5.75 Å². The lowest BCUT2D eigenvalue weighted by molar-refractivity contribution is 0.0948. The molecule has 0 atom stereocenters. The number of amides is 1. The molecule has 1 aromatic carbocycles. The molecule has 3 heterocycles. The molecule has 1 amide bonds. The number of aryl methyl sites for hydroxylation is 1. The van der Waals surface area contributed by atoms with Crippen LogP contribution in [-0.4, -0.2) is 34.2 Å². The molecule has 0 fully saturated rings. The molecule has 8 heteroatoms. The molecule has 4 rings (SSSR count). The zero-order chi connectivity index (χ0) is 21.5. The van der Waals surface area contributed by atoms with Gasteiger partial charge in [-0.2, -0.15) is 0 Å². The molecule has 0 spiro atoms. The number of para-hydroxylation sites is 1. The van der Waals surface area contributed by atoms with E-state index >= 15 is 0 Å². The van der Waals surface area contributed by atoms with Crippen molar-refractivity contribution in [1.82, 2.24) is 20.4 Å². The summed E-state index contributed by atoms with van der Waals surface area (Å²) in [6, 6.07) is 15.2. The predicted octanol–water partition coefficient (Wildman–Crippen LogP) is 4.42. The van der Waals surface area contributed by atoms with Crippen molar-refractivity contribution in [3.05, 3.63) is 77.9 Å². The molecule has 0 saturated carbocycles. The number of benzene rings is 1. The smallest absolute Gasteiger partial charge is 0.254 e. The minimum atomic E-state index is -0.154. The quantitative estimate of drug-likeness (QED) is 0.308. The molecule has 0 aliphatic rings. The van der Waals surface area contributed by atoms with Crippen LogP contribution in [0.1, 0.15) is 28.2 Å². The van der Waals surface area contributed by atoms with Gasteiger partial charge in [-0.3, -0.25) is 9.78 Å². The van der Waals surface area contributed by atoms with Gasteiger partial charge in [0.15, 0.2) is 0 Å². The van der Waals surface area contributed by atoms with E-state index in [0.717, 1.165) is 28.1 Å². The van der Waals surface area contributed by atoms with Crippen LogP contribution in [0.3, 0.4) is 0 Å². The van der Waals surface area contributed by atoms with Crippen LogP contribution in [-0.2, 0) is 5.75 Å². The molecule has 0 bridgehead atoms. The molecule has 0 saturated heterocycles. The lowest BCUT2D eigenvalue weighted by atomic mass is 10.2. The second-order valence-corrected chi connectivity index (χ2v) is 7.83. The maximum absolute atomic E-state index is 12.6. The minimum Gasteiger partial charge on any atom is -0.491 e. The van der Waals surface area contributed by atoms with Gasteiger partial charge in [-0.25, -0.2) is 4.98 Å². The monoisotopic (exact) mass is 434 g/mol. The van der Waals surface area contributed by atoms with Crippen molar-refractivity contribution in [2.45, 2.75) is 24.1 Å². The SMILES string of the molecule is Cc1cc(CSc2ncccc2C(=O)NCCCOc2cccc3cccnc23)no1. The number of nitrogens with zero attached hydrogens (tertiary/aromatic N) is 3. The molecule has 0 unspecified atom stereocenters. The van der Waals surface area contributed by atoms with Crippen LogP contribution in [0, 0.1) is 6.92 Å².